The van der Waals surface area contributed by atoms with Crippen molar-refractivity contribution in [2.75, 3.05) is 33.2 Å². The van der Waals surface area contributed by atoms with E-state index in [1.54, 1.807) is 7.05 Å². The van der Waals surface area contributed by atoms with Crippen molar-refractivity contribution in [2.24, 2.45) is 4.99 Å². The standard InChI is InChI=1S/C16H33N5O/c1-5-10-21-11-7-14(8-12-21)20-16(17-4)18-9-6-15(22)19-13(2)3/h13-14H,5-12H2,1-4H3,(H,19,22)(H2,17,18,20). The van der Waals surface area contributed by atoms with Crippen LogP contribution in [0, 0.1) is 0 Å². The highest BCUT2D eigenvalue weighted by atomic mass is 16.1. The molecule has 1 aliphatic heterocycles. The molecule has 1 amide bonds. The molecule has 1 heterocycles. The molecule has 3 N–H and O–H groups in total. The number of nitrogens with zero attached hydrogens (tertiary/aromatic N) is 2. The van der Waals surface area contributed by atoms with Gasteiger partial charge in [-0.05, 0) is 39.7 Å². The van der Waals surface area contributed by atoms with E-state index in [0.29, 0.717) is 19.0 Å². The molecule has 0 unspecified atom stereocenters. The molecule has 0 atom stereocenters. The predicted octanol–water partition coefficient (Wildman–Crippen LogP) is 0.941. The summed E-state index contributed by atoms with van der Waals surface area (Å²) in [6.07, 6.45) is 3.98. The summed E-state index contributed by atoms with van der Waals surface area (Å²) in [6.45, 7) is 10.3. The van der Waals surface area contributed by atoms with Gasteiger partial charge in [-0.15, -0.1) is 0 Å². The summed E-state index contributed by atoms with van der Waals surface area (Å²) in [5, 5.41) is 9.57. The van der Waals surface area contributed by atoms with Gasteiger partial charge in [0.05, 0.1) is 0 Å². The van der Waals surface area contributed by atoms with Crippen LogP contribution in [0.15, 0.2) is 4.99 Å². The number of hydrogen-bond acceptors (Lipinski definition) is 3. The van der Waals surface area contributed by atoms with Gasteiger partial charge in [0.2, 0.25) is 5.91 Å². The summed E-state index contributed by atoms with van der Waals surface area (Å²) in [5.74, 6) is 0.872. The SMILES string of the molecule is CCCN1CCC(NC(=NC)NCCC(=O)NC(C)C)CC1. The quantitative estimate of drug-likeness (QED) is 0.483. The minimum absolute atomic E-state index is 0.0748. The summed E-state index contributed by atoms with van der Waals surface area (Å²) in [4.78, 5) is 18.4. The maximum atomic E-state index is 11.6. The molecular weight excluding hydrogens is 278 g/mol. The van der Waals surface area contributed by atoms with Gasteiger partial charge in [0.15, 0.2) is 5.96 Å². The number of likely N-dealkylation sites (tertiary alicyclic amines) is 1. The van der Waals surface area contributed by atoms with E-state index in [0.717, 1.165) is 31.9 Å². The fourth-order valence-electron chi connectivity index (χ4n) is 2.69. The van der Waals surface area contributed by atoms with E-state index in [1.807, 2.05) is 13.8 Å². The van der Waals surface area contributed by atoms with Crippen LogP contribution in [-0.2, 0) is 4.79 Å². The zero-order valence-electron chi connectivity index (χ0n) is 14.6. The first kappa shape index (κ1) is 18.7. The second-order valence-corrected chi connectivity index (χ2v) is 6.23. The van der Waals surface area contributed by atoms with Crippen LogP contribution in [0.4, 0.5) is 0 Å². The third-order valence-corrected chi connectivity index (χ3v) is 3.79. The van der Waals surface area contributed by atoms with Gasteiger partial charge in [-0.2, -0.15) is 0 Å². The van der Waals surface area contributed by atoms with Crippen molar-refractivity contribution < 1.29 is 4.79 Å². The lowest BCUT2D eigenvalue weighted by molar-refractivity contribution is -0.121. The van der Waals surface area contributed by atoms with Gasteiger partial charge in [-0.1, -0.05) is 6.92 Å². The molecule has 0 aliphatic carbocycles. The highest BCUT2D eigenvalue weighted by Crippen LogP contribution is 2.10. The van der Waals surface area contributed by atoms with Crippen LogP contribution in [0.5, 0.6) is 0 Å². The lowest BCUT2D eigenvalue weighted by Gasteiger charge is -2.32. The fraction of sp³-hybridized carbons (Fsp3) is 0.875. The third-order valence-electron chi connectivity index (χ3n) is 3.79. The predicted molar refractivity (Wildman–Crippen MR) is 92.1 cm³/mol. The average molecular weight is 311 g/mol. The molecule has 0 radical (unpaired) electrons. The maximum absolute atomic E-state index is 11.6. The number of guanidine groups is 1. The Labute approximate surface area is 135 Å². The summed E-state index contributed by atoms with van der Waals surface area (Å²) in [5.41, 5.74) is 0. The van der Waals surface area contributed by atoms with Gasteiger partial charge in [0.1, 0.15) is 0 Å². The molecule has 0 aromatic carbocycles. The lowest BCUT2D eigenvalue weighted by atomic mass is 10.1. The molecule has 0 aromatic rings. The molecule has 6 nitrogen and oxygen atoms in total. The van der Waals surface area contributed by atoms with Crippen molar-refractivity contribution in [1.29, 1.82) is 0 Å². The Morgan fingerprint density at radius 1 is 1.32 bits per heavy atom. The molecule has 1 rings (SSSR count). The molecule has 1 aliphatic rings. The molecular formula is C16H33N5O. The molecule has 0 saturated carbocycles. The molecule has 0 bridgehead atoms. The summed E-state index contributed by atoms with van der Waals surface area (Å²) in [7, 11) is 1.77. The van der Waals surface area contributed by atoms with Crippen LogP contribution in [-0.4, -0.2) is 62.1 Å². The van der Waals surface area contributed by atoms with E-state index in [2.05, 4.69) is 32.8 Å². The van der Waals surface area contributed by atoms with Crippen LogP contribution in [0.2, 0.25) is 0 Å². The first-order valence-electron chi connectivity index (χ1n) is 8.54. The topological polar surface area (TPSA) is 68.8 Å². The smallest absolute Gasteiger partial charge is 0.221 e. The van der Waals surface area contributed by atoms with E-state index in [9.17, 15) is 4.79 Å². The normalized spacial score (nSPS) is 17.6. The maximum Gasteiger partial charge on any atom is 0.221 e. The Morgan fingerprint density at radius 2 is 2.00 bits per heavy atom. The zero-order chi connectivity index (χ0) is 16.4. The minimum atomic E-state index is 0.0748. The molecule has 1 saturated heterocycles. The van der Waals surface area contributed by atoms with Crippen molar-refractivity contribution in [3.05, 3.63) is 0 Å². The Hall–Kier alpha value is -1.30. The Bertz CT molecular complexity index is 348. The third kappa shape index (κ3) is 7.64. The molecule has 22 heavy (non-hydrogen) atoms. The first-order chi connectivity index (χ1) is 10.5. The number of hydrogen-bond donors (Lipinski definition) is 3. The number of nitrogens with one attached hydrogen (secondary N) is 3. The minimum Gasteiger partial charge on any atom is -0.356 e. The van der Waals surface area contributed by atoms with E-state index >= 15 is 0 Å². The van der Waals surface area contributed by atoms with E-state index in [1.165, 1.54) is 13.0 Å². The van der Waals surface area contributed by atoms with Crippen molar-refractivity contribution in [2.45, 2.75) is 58.5 Å². The van der Waals surface area contributed by atoms with Crippen molar-refractivity contribution in [1.82, 2.24) is 20.9 Å². The molecule has 0 aromatic heterocycles. The first-order valence-corrected chi connectivity index (χ1v) is 8.54. The van der Waals surface area contributed by atoms with Gasteiger partial charge >= 0.3 is 0 Å². The van der Waals surface area contributed by atoms with Gasteiger partial charge < -0.3 is 20.9 Å². The van der Waals surface area contributed by atoms with Crippen molar-refractivity contribution in [3.63, 3.8) is 0 Å². The monoisotopic (exact) mass is 311 g/mol. The number of carbonyl (C=O) groups excluding carboxylic acids is 1. The van der Waals surface area contributed by atoms with E-state index in [-0.39, 0.29) is 11.9 Å². The largest absolute Gasteiger partial charge is 0.356 e. The average Bonchev–Trinajstić information content (AvgIpc) is 2.47. The van der Waals surface area contributed by atoms with Crippen molar-refractivity contribution in [3.8, 4) is 0 Å². The number of amides is 1. The van der Waals surface area contributed by atoms with Crippen LogP contribution < -0.4 is 16.0 Å². The Balaban J connectivity index is 2.22. The van der Waals surface area contributed by atoms with Gasteiger partial charge in [0, 0.05) is 45.2 Å². The molecule has 128 valence electrons. The van der Waals surface area contributed by atoms with Gasteiger partial charge in [0.25, 0.3) is 0 Å². The van der Waals surface area contributed by atoms with E-state index in [4.69, 9.17) is 0 Å². The van der Waals surface area contributed by atoms with Crippen LogP contribution in [0.1, 0.15) is 46.5 Å². The number of rotatable bonds is 7. The van der Waals surface area contributed by atoms with Crippen LogP contribution in [0.3, 0.4) is 0 Å². The van der Waals surface area contributed by atoms with Gasteiger partial charge in [-0.3, -0.25) is 9.79 Å². The fourth-order valence-corrected chi connectivity index (χ4v) is 2.69. The molecule has 6 heteroatoms. The summed E-state index contributed by atoms with van der Waals surface area (Å²) < 4.78 is 0. The second kappa shape index (κ2) is 10.4. The van der Waals surface area contributed by atoms with E-state index < -0.39 is 0 Å². The van der Waals surface area contributed by atoms with Crippen LogP contribution >= 0.6 is 0 Å². The molecule has 1 fully saturated rings. The number of aliphatic imine (C=N–C) groups is 1. The van der Waals surface area contributed by atoms with Crippen LogP contribution in [0.25, 0.3) is 0 Å². The second-order valence-electron chi connectivity index (χ2n) is 6.23. The lowest BCUT2D eigenvalue weighted by Crippen LogP contribution is -2.49. The Morgan fingerprint density at radius 3 is 2.55 bits per heavy atom. The number of piperidine rings is 1. The zero-order valence-corrected chi connectivity index (χ0v) is 14.6. The highest BCUT2D eigenvalue weighted by molar-refractivity contribution is 5.81. The highest BCUT2D eigenvalue weighted by Gasteiger charge is 2.19. The summed E-state index contributed by atoms with van der Waals surface area (Å²) in [6, 6.07) is 0.669. The van der Waals surface area contributed by atoms with Crippen molar-refractivity contribution >= 4 is 11.9 Å². The summed E-state index contributed by atoms with van der Waals surface area (Å²) >= 11 is 0. The number of carbonyl (C=O) groups is 1. The Kier molecular flexibility index (Phi) is 8.89. The van der Waals surface area contributed by atoms with Gasteiger partial charge in [-0.25, -0.2) is 0 Å². The molecule has 0 spiro atoms.